The molecule has 0 aliphatic carbocycles. The van der Waals surface area contributed by atoms with Gasteiger partial charge in [0.2, 0.25) is 0 Å². The van der Waals surface area contributed by atoms with Crippen molar-refractivity contribution >= 4 is 63.3 Å². The Kier molecular flexibility index (Phi) is 5.51. The molecule has 0 atom stereocenters. The first-order valence-electron chi connectivity index (χ1n) is 14.1. The van der Waals surface area contributed by atoms with Crippen molar-refractivity contribution in [3.8, 4) is 39.6 Å². The summed E-state index contributed by atoms with van der Waals surface area (Å²) in [5.41, 5.74) is 8.45. The van der Waals surface area contributed by atoms with E-state index in [4.69, 9.17) is 9.97 Å². The Morgan fingerprint density at radius 1 is 0.558 bits per heavy atom. The van der Waals surface area contributed by atoms with Gasteiger partial charge in [-0.15, -0.1) is 22.7 Å². The minimum Gasteiger partial charge on any atom is -0.308 e. The fourth-order valence-electron chi connectivity index (χ4n) is 5.99. The number of hydrogen-bond donors (Lipinski definition) is 0. The molecule has 9 rings (SSSR count). The van der Waals surface area contributed by atoms with Crippen molar-refractivity contribution in [2.75, 3.05) is 0 Å². The Labute approximate surface area is 255 Å². The van der Waals surface area contributed by atoms with Crippen LogP contribution in [0.5, 0.6) is 0 Å². The van der Waals surface area contributed by atoms with E-state index in [0.717, 1.165) is 33.8 Å². The third-order valence-corrected chi connectivity index (χ3v) is 10.4. The summed E-state index contributed by atoms with van der Waals surface area (Å²) in [5, 5.41) is 3.87. The molecule has 6 heteroatoms. The fourth-order valence-corrected chi connectivity index (χ4v) is 8.67. The average Bonchev–Trinajstić information content (AvgIpc) is 3.72. The molecule has 0 unspecified atom stereocenters. The van der Waals surface area contributed by atoms with Crippen molar-refractivity contribution in [3.63, 3.8) is 0 Å². The Bertz CT molecular complexity index is 2380. The number of para-hydroxylation sites is 1. The molecule has 5 aromatic heterocycles. The monoisotopic (exact) mass is 586 g/mol. The Hall–Kier alpha value is -5.17. The van der Waals surface area contributed by atoms with Gasteiger partial charge in [-0.05, 0) is 54.6 Å². The molecule has 0 aliphatic rings. The number of nitrogens with zero attached hydrogens (tertiary/aromatic N) is 4. The Morgan fingerprint density at radius 3 is 2.05 bits per heavy atom. The van der Waals surface area contributed by atoms with Crippen LogP contribution in [0.2, 0.25) is 0 Å². The molecule has 0 aliphatic heterocycles. The van der Waals surface area contributed by atoms with E-state index in [2.05, 4.69) is 101 Å². The highest BCUT2D eigenvalue weighted by atomic mass is 32.2. The maximum absolute atomic E-state index is 5.10. The summed E-state index contributed by atoms with van der Waals surface area (Å²) < 4.78 is 6.40. The second-order valence-electron chi connectivity index (χ2n) is 10.5. The molecule has 0 amide bonds. The maximum Gasteiger partial charge on any atom is 0.160 e. The summed E-state index contributed by atoms with van der Waals surface area (Å²) in [6.45, 7) is 0. The van der Waals surface area contributed by atoms with E-state index in [1.165, 1.54) is 40.6 Å². The molecule has 0 saturated carbocycles. The molecule has 5 heterocycles. The van der Waals surface area contributed by atoms with Crippen molar-refractivity contribution in [1.82, 2.24) is 19.5 Å². The maximum atomic E-state index is 5.10. The summed E-state index contributed by atoms with van der Waals surface area (Å²) in [7, 11) is 0. The standard InChI is InChI=1S/C37H22N4S2/c1-3-9-23(10-4-1)29-22-30(24-17-19-38-20-18-24)40-36(39-29)25-15-16-31-28(21-25)35-34(41(31)26-11-5-2-6-12-26)33-27-13-7-8-14-32(27)42-37(33)43-35/h1-22H. The van der Waals surface area contributed by atoms with Crippen LogP contribution in [0, 0.1) is 0 Å². The molecule has 0 bridgehead atoms. The van der Waals surface area contributed by atoms with Gasteiger partial charge < -0.3 is 4.57 Å². The number of hydrogen-bond acceptors (Lipinski definition) is 5. The van der Waals surface area contributed by atoms with E-state index in [-0.39, 0.29) is 0 Å². The second-order valence-corrected chi connectivity index (χ2v) is 12.8. The number of thiophene rings is 2. The van der Waals surface area contributed by atoms with E-state index < -0.39 is 0 Å². The lowest BCUT2D eigenvalue weighted by Crippen LogP contribution is -1.96. The summed E-state index contributed by atoms with van der Waals surface area (Å²) >= 11 is 3.77. The molecule has 0 radical (unpaired) electrons. The zero-order valence-electron chi connectivity index (χ0n) is 22.8. The van der Waals surface area contributed by atoms with E-state index in [0.29, 0.717) is 5.82 Å². The van der Waals surface area contributed by atoms with Crippen LogP contribution in [0.3, 0.4) is 0 Å². The summed E-state index contributed by atoms with van der Waals surface area (Å²) in [4.78, 5) is 14.4. The highest BCUT2D eigenvalue weighted by molar-refractivity contribution is 7.45. The van der Waals surface area contributed by atoms with Gasteiger partial charge in [0.15, 0.2) is 5.82 Å². The highest BCUT2D eigenvalue weighted by Crippen LogP contribution is 2.49. The van der Waals surface area contributed by atoms with E-state index in [9.17, 15) is 0 Å². The van der Waals surface area contributed by atoms with Gasteiger partial charge >= 0.3 is 0 Å². The second kappa shape index (κ2) is 9.70. The van der Waals surface area contributed by atoms with Gasteiger partial charge in [0.25, 0.3) is 0 Å². The summed E-state index contributed by atoms with van der Waals surface area (Å²) in [6, 6.07) is 42.5. The van der Waals surface area contributed by atoms with Crippen LogP contribution in [0.15, 0.2) is 134 Å². The number of rotatable bonds is 4. The molecular formula is C37H22N4S2. The largest absolute Gasteiger partial charge is 0.308 e. The van der Waals surface area contributed by atoms with Gasteiger partial charge in [-0.25, -0.2) is 9.97 Å². The van der Waals surface area contributed by atoms with E-state index in [1.807, 2.05) is 53.0 Å². The van der Waals surface area contributed by atoms with Crippen molar-refractivity contribution in [2.24, 2.45) is 0 Å². The van der Waals surface area contributed by atoms with Gasteiger partial charge in [0, 0.05) is 55.6 Å². The molecule has 9 aromatic rings. The molecule has 0 fully saturated rings. The lowest BCUT2D eigenvalue weighted by Gasteiger charge is -2.10. The number of fused-ring (bicyclic) bond motifs is 7. The Morgan fingerprint density at radius 2 is 1.26 bits per heavy atom. The van der Waals surface area contributed by atoms with Crippen LogP contribution >= 0.6 is 22.7 Å². The summed E-state index contributed by atoms with van der Waals surface area (Å²) in [5.74, 6) is 0.708. The number of pyridine rings is 1. The van der Waals surface area contributed by atoms with Gasteiger partial charge in [0.05, 0.1) is 31.1 Å². The van der Waals surface area contributed by atoms with E-state index >= 15 is 0 Å². The fraction of sp³-hybridized carbons (Fsp3) is 0. The molecule has 4 aromatic carbocycles. The zero-order chi connectivity index (χ0) is 28.3. The molecular weight excluding hydrogens is 565 g/mol. The number of aromatic nitrogens is 4. The molecule has 0 N–H and O–H groups in total. The van der Waals surface area contributed by atoms with Crippen LogP contribution < -0.4 is 0 Å². The van der Waals surface area contributed by atoms with Gasteiger partial charge in [-0.2, -0.15) is 0 Å². The van der Waals surface area contributed by atoms with Gasteiger partial charge in [0.1, 0.15) is 0 Å². The van der Waals surface area contributed by atoms with Crippen LogP contribution in [0.1, 0.15) is 0 Å². The first kappa shape index (κ1) is 24.4. The van der Waals surface area contributed by atoms with Crippen LogP contribution in [0.4, 0.5) is 0 Å². The van der Waals surface area contributed by atoms with Gasteiger partial charge in [-0.1, -0.05) is 66.7 Å². The first-order chi connectivity index (χ1) is 21.3. The van der Waals surface area contributed by atoms with Crippen LogP contribution in [-0.4, -0.2) is 19.5 Å². The number of benzene rings is 4. The lowest BCUT2D eigenvalue weighted by atomic mass is 10.1. The predicted molar refractivity (Wildman–Crippen MR) is 181 cm³/mol. The Balaban J connectivity index is 1.33. The highest BCUT2D eigenvalue weighted by Gasteiger charge is 2.22. The summed E-state index contributed by atoms with van der Waals surface area (Å²) in [6.07, 6.45) is 3.61. The minimum absolute atomic E-state index is 0.708. The third kappa shape index (κ3) is 3.91. The lowest BCUT2D eigenvalue weighted by molar-refractivity contribution is 1.17. The van der Waals surface area contributed by atoms with Crippen molar-refractivity contribution in [1.29, 1.82) is 0 Å². The van der Waals surface area contributed by atoms with E-state index in [1.54, 1.807) is 12.4 Å². The van der Waals surface area contributed by atoms with Crippen molar-refractivity contribution in [2.45, 2.75) is 0 Å². The SMILES string of the molecule is c1ccc(-c2cc(-c3ccncc3)nc(-c3ccc4c(c3)c3sc5sc6ccccc6c5c3n4-c3ccccc3)n2)cc1. The van der Waals surface area contributed by atoms with Crippen LogP contribution in [0.25, 0.3) is 80.2 Å². The van der Waals surface area contributed by atoms with Crippen molar-refractivity contribution < 1.29 is 0 Å². The first-order valence-corrected chi connectivity index (χ1v) is 15.7. The normalized spacial score (nSPS) is 11.7. The smallest absolute Gasteiger partial charge is 0.160 e. The van der Waals surface area contributed by atoms with Crippen LogP contribution in [-0.2, 0) is 0 Å². The third-order valence-electron chi connectivity index (χ3n) is 7.96. The molecule has 4 nitrogen and oxygen atoms in total. The molecule has 0 spiro atoms. The van der Waals surface area contributed by atoms with Crippen molar-refractivity contribution in [3.05, 3.63) is 134 Å². The minimum atomic E-state index is 0.708. The zero-order valence-corrected chi connectivity index (χ0v) is 24.4. The molecule has 202 valence electrons. The topological polar surface area (TPSA) is 43.6 Å². The average molecular weight is 587 g/mol. The quantitative estimate of drug-likeness (QED) is 0.206. The predicted octanol–water partition coefficient (Wildman–Crippen LogP) is 10.4. The molecule has 43 heavy (non-hydrogen) atoms. The van der Waals surface area contributed by atoms with Gasteiger partial charge in [-0.3, -0.25) is 4.98 Å². The molecule has 0 saturated heterocycles.